The number of aliphatic carboxylic acids is 1. The van der Waals surface area contributed by atoms with Crippen molar-refractivity contribution in [2.75, 3.05) is 17.7 Å². The number of carbonyl (C=O) groups is 2. The van der Waals surface area contributed by atoms with Crippen LogP contribution in [-0.2, 0) is 15.3 Å². The van der Waals surface area contributed by atoms with Gasteiger partial charge in [0, 0.05) is 17.9 Å². The highest BCUT2D eigenvalue weighted by atomic mass is 32.2. The molecule has 0 aliphatic carbocycles. The maximum atomic E-state index is 12.8. The maximum absolute atomic E-state index is 12.8. The standard InChI is InChI=1S/C19H20FNO4S/c20-15-6-8-17(9-7-15)25-10-2-5-18(22)21-16-4-1-3-14(11-16)12-26-13-19(23)24/h1,3-4,6-9,11H,2,5,10,12-13H2,(H,21,22)(H,23,24). The zero-order valence-corrected chi connectivity index (χ0v) is 14.9. The first-order valence-electron chi connectivity index (χ1n) is 8.09. The van der Waals surface area contributed by atoms with Gasteiger partial charge in [-0.15, -0.1) is 11.8 Å². The number of nitrogens with one attached hydrogen (secondary N) is 1. The Balaban J connectivity index is 1.70. The van der Waals surface area contributed by atoms with E-state index in [9.17, 15) is 14.0 Å². The second-order valence-corrected chi connectivity index (χ2v) is 6.53. The Kier molecular flexibility index (Phi) is 7.95. The van der Waals surface area contributed by atoms with E-state index in [0.717, 1.165) is 5.56 Å². The van der Waals surface area contributed by atoms with E-state index in [1.807, 2.05) is 18.2 Å². The van der Waals surface area contributed by atoms with Crippen LogP contribution in [0.1, 0.15) is 18.4 Å². The third-order valence-corrected chi connectivity index (χ3v) is 4.32. The Labute approximate surface area is 155 Å². The number of carboxylic acids is 1. The van der Waals surface area contributed by atoms with E-state index in [4.69, 9.17) is 9.84 Å². The zero-order valence-electron chi connectivity index (χ0n) is 14.1. The molecule has 0 radical (unpaired) electrons. The van der Waals surface area contributed by atoms with E-state index in [1.165, 1.54) is 23.9 Å². The van der Waals surface area contributed by atoms with Crippen molar-refractivity contribution in [2.24, 2.45) is 0 Å². The van der Waals surface area contributed by atoms with Gasteiger partial charge in [0.15, 0.2) is 0 Å². The fourth-order valence-corrected chi connectivity index (χ4v) is 2.86. The molecular formula is C19H20FNO4S. The van der Waals surface area contributed by atoms with Crippen LogP contribution in [0.25, 0.3) is 0 Å². The monoisotopic (exact) mass is 377 g/mol. The van der Waals surface area contributed by atoms with Crippen molar-refractivity contribution in [2.45, 2.75) is 18.6 Å². The van der Waals surface area contributed by atoms with Gasteiger partial charge in [-0.3, -0.25) is 9.59 Å². The fraction of sp³-hybridized carbons (Fsp3) is 0.263. The average Bonchev–Trinajstić information content (AvgIpc) is 2.60. The number of amides is 1. The maximum Gasteiger partial charge on any atom is 0.313 e. The van der Waals surface area contributed by atoms with E-state index in [1.54, 1.807) is 18.2 Å². The number of anilines is 1. The lowest BCUT2D eigenvalue weighted by molar-refractivity contribution is -0.133. The molecule has 2 aromatic carbocycles. The van der Waals surface area contributed by atoms with Crippen molar-refractivity contribution < 1.29 is 23.8 Å². The topological polar surface area (TPSA) is 75.6 Å². The summed E-state index contributed by atoms with van der Waals surface area (Å²) in [5.74, 6) is -0.101. The summed E-state index contributed by atoms with van der Waals surface area (Å²) in [4.78, 5) is 22.5. The SMILES string of the molecule is O=C(O)CSCc1cccc(NC(=O)CCCOc2ccc(F)cc2)c1. The summed E-state index contributed by atoms with van der Waals surface area (Å²) >= 11 is 1.31. The number of carbonyl (C=O) groups excluding carboxylic acids is 1. The van der Waals surface area contributed by atoms with Crippen molar-refractivity contribution in [1.29, 1.82) is 0 Å². The van der Waals surface area contributed by atoms with E-state index < -0.39 is 5.97 Å². The van der Waals surface area contributed by atoms with Gasteiger partial charge in [-0.2, -0.15) is 0 Å². The summed E-state index contributed by atoms with van der Waals surface area (Å²) in [5, 5.41) is 11.5. The van der Waals surface area contributed by atoms with Gasteiger partial charge in [0.1, 0.15) is 11.6 Å². The number of hydrogen-bond acceptors (Lipinski definition) is 4. The van der Waals surface area contributed by atoms with Crippen LogP contribution < -0.4 is 10.1 Å². The van der Waals surface area contributed by atoms with Crippen molar-refractivity contribution in [3.8, 4) is 5.75 Å². The highest BCUT2D eigenvalue weighted by Gasteiger charge is 2.05. The molecule has 0 unspecified atom stereocenters. The van der Waals surface area contributed by atoms with Gasteiger partial charge in [-0.1, -0.05) is 12.1 Å². The molecule has 2 N–H and O–H groups in total. The summed E-state index contributed by atoms with van der Waals surface area (Å²) in [6.45, 7) is 0.366. The van der Waals surface area contributed by atoms with E-state index in [2.05, 4.69) is 5.32 Å². The summed E-state index contributed by atoms with van der Waals surface area (Å²) in [6, 6.07) is 13.1. The molecule has 0 saturated carbocycles. The molecule has 0 spiro atoms. The summed E-state index contributed by atoms with van der Waals surface area (Å²) in [6.07, 6.45) is 0.844. The molecule has 0 fully saturated rings. The van der Waals surface area contributed by atoms with Crippen LogP contribution in [0.4, 0.5) is 10.1 Å². The Morgan fingerprint density at radius 1 is 1.15 bits per heavy atom. The molecule has 5 nitrogen and oxygen atoms in total. The molecule has 0 atom stereocenters. The molecule has 7 heteroatoms. The second kappa shape index (κ2) is 10.5. The molecule has 26 heavy (non-hydrogen) atoms. The lowest BCUT2D eigenvalue weighted by Gasteiger charge is -2.08. The van der Waals surface area contributed by atoms with Crippen LogP contribution in [0, 0.1) is 5.82 Å². The summed E-state index contributed by atoms with van der Waals surface area (Å²) in [7, 11) is 0. The third kappa shape index (κ3) is 7.57. The number of thioether (sulfide) groups is 1. The van der Waals surface area contributed by atoms with Gasteiger partial charge in [0.2, 0.25) is 5.91 Å². The zero-order chi connectivity index (χ0) is 18.8. The molecule has 0 saturated heterocycles. The Bertz CT molecular complexity index is 737. The lowest BCUT2D eigenvalue weighted by atomic mass is 10.2. The average molecular weight is 377 g/mol. The number of carboxylic acid groups (broad SMARTS) is 1. The Morgan fingerprint density at radius 2 is 1.92 bits per heavy atom. The molecule has 1 amide bonds. The predicted octanol–water partition coefficient (Wildman–Crippen LogP) is 3.94. The Hall–Kier alpha value is -2.54. The van der Waals surface area contributed by atoms with E-state index in [0.29, 0.717) is 36.6 Å². The molecular weight excluding hydrogens is 357 g/mol. The van der Waals surface area contributed by atoms with Gasteiger partial charge in [0.05, 0.1) is 12.4 Å². The van der Waals surface area contributed by atoms with Crippen LogP contribution in [0.15, 0.2) is 48.5 Å². The van der Waals surface area contributed by atoms with Gasteiger partial charge in [0.25, 0.3) is 0 Å². The predicted molar refractivity (Wildman–Crippen MR) is 100.0 cm³/mol. The molecule has 2 rings (SSSR count). The smallest absolute Gasteiger partial charge is 0.313 e. The van der Waals surface area contributed by atoms with Crippen LogP contribution in [0.5, 0.6) is 5.75 Å². The quantitative estimate of drug-likeness (QED) is 0.614. The third-order valence-electron chi connectivity index (χ3n) is 3.34. The van der Waals surface area contributed by atoms with E-state index >= 15 is 0 Å². The van der Waals surface area contributed by atoms with Crippen molar-refractivity contribution in [3.05, 3.63) is 59.9 Å². The normalized spacial score (nSPS) is 10.3. The number of hydrogen-bond donors (Lipinski definition) is 2. The first kappa shape index (κ1) is 19.8. The van der Waals surface area contributed by atoms with Crippen molar-refractivity contribution in [1.82, 2.24) is 0 Å². The Morgan fingerprint density at radius 3 is 2.65 bits per heavy atom. The highest BCUT2D eigenvalue weighted by molar-refractivity contribution is 7.99. The molecule has 0 heterocycles. The van der Waals surface area contributed by atoms with Crippen LogP contribution in [0.2, 0.25) is 0 Å². The van der Waals surface area contributed by atoms with Crippen molar-refractivity contribution >= 4 is 29.3 Å². The molecule has 2 aromatic rings. The lowest BCUT2D eigenvalue weighted by Crippen LogP contribution is -2.13. The second-order valence-electron chi connectivity index (χ2n) is 5.54. The van der Waals surface area contributed by atoms with Crippen LogP contribution in [0.3, 0.4) is 0 Å². The minimum Gasteiger partial charge on any atom is -0.494 e. The number of ether oxygens (including phenoxy) is 1. The molecule has 0 aliphatic rings. The highest BCUT2D eigenvalue weighted by Crippen LogP contribution is 2.17. The van der Waals surface area contributed by atoms with Gasteiger partial charge >= 0.3 is 5.97 Å². The minimum absolute atomic E-state index is 0.0463. The van der Waals surface area contributed by atoms with Crippen LogP contribution >= 0.6 is 11.8 Å². The number of benzene rings is 2. The molecule has 0 aromatic heterocycles. The van der Waals surface area contributed by atoms with Crippen LogP contribution in [-0.4, -0.2) is 29.3 Å². The number of rotatable bonds is 10. The summed E-state index contributed by atoms with van der Waals surface area (Å²) in [5.41, 5.74) is 1.64. The number of halogens is 1. The fourth-order valence-electron chi connectivity index (χ4n) is 2.17. The van der Waals surface area contributed by atoms with Crippen molar-refractivity contribution in [3.63, 3.8) is 0 Å². The molecule has 138 valence electrons. The summed E-state index contributed by atoms with van der Waals surface area (Å²) < 4.78 is 18.2. The molecule has 0 bridgehead atoms. The van der Waals surface area contributed by atoms with Gasteiger partial charge in [-0.05, 0) is 48.4 Å². The largest absolute Gasteiger partial charge is 0.494 e. The van der Waals surface area contributed by atoms with Gasteiger partial charge < -0.3 is 15.2 Å². The molecule has 0 aliphatic heterocycles. The van der Waals surface area contributed by atoms with E-state index in [-0.39, 0.29) is 17.5 Å². The minimum atomic E-state index is -0.845. The van der Waals surface area contributed by atoms with Gasteiger partial charge in [-0.25, -0.2) is 4.39 Å². The first-order valence-corrected chi connectivity index (χ1v) is 9.25. The first-order chi connectivity index (χ1) is 12.5.